The van der Waals surface area contributed by atoms with E-state index in [1.54, 1.807) is 5.01 Å². The first-order valence-electron chi connectivity index (χ1n) is 10.8. The fourth-order valence-electron chi connectivity index (χ4n) is 5.63. The molecule has 0 aromatic heterocycles. The largest absolute Gasteiger partial charge is 0.338 e. The Balaban J connectivity index is 1.52. The minimum atomic E-state index is -0.110. The number of urea groups is 1. The fraction of sp³-hybridized carbons (Fsp3) is 0.652. The van der Waals surface area contributed by atoms with Gasteiger partial charge in [0.15, 0.2) is 0 Å². The molecule has 4 rings (SSSR count). The summed E-state index contributed by atoms with van der Waals surface area (Å²) in [6.07, 6.45) is 8.04. The summed E-state index contributed by atoms with van der Waals surface area (Å²) in [4.78, 5) is 13.2. The number of rotatable bonds is 5. The summed E-state index contributed by atoms with van der Waals surface area (Å²) >= 11 is 6.07. The number of fused-ring (bicyclic) bond motifs is 2. The summed E-state index contributed by atoms with van der Waals surface area (Å²) < 4.78 is 0. The first kappa shape index (κ1) is 19.8. The summed E-state index contributed by atoms with van der Waals surface area (Å²) in [6, 6.07) is 7.95. The first-order chi connectivity index (χ1) is 13.4. The molecule has 0 saturated heterocycles. The Morgan fingerprint density at radius 3 is 2.50 bits per heavy atom. The van der Waals surface area contributed by atoms with Crippen molar-refractivity contribution in [2.45, 2.75) is 77.2 Å². The molecule has 2 bridgehead atoms. The molecule has 1 unspecified atom stereocenters. The number of benzene rings is 1. The third-order valence-electron chi connectivity index (χ3n) is 7.83. The monoisotopic (exact) mass is 401 g/mol. The standard InChI is InChI=1S/C23H32ClN3O/c1-4-5-6-20-19(16-7-9-18(24)10-8-16)15-27(26-20)21(28)25-23(3)17-11-13-22(23,2)14-12-17/h7-10,17,19H,4-6,11-15H2,1-3H3,(H,25,28)/t17?,19-,22?,23?/m1/s1. The van der Waals surface area contributed by atoms with Gasteiger partial charge in [0, 0.05) is 22.2 Å². The molecule has 1 aromatic rings. The van der Waals surface area contributed by atoms with E-state index in [0.717, 1.165) is 30.0 Å². The van der Waals surface area contributed by atoms with E-state index < -0.39 is 0 Å². The van der Waals surface area contributed by atoms with Crippen LogP contribution in [0.4, 0.5) is 4.79 Å². The van der Waals surface area contributed by atoms with E-state index in [1.165, 1.54) is 31.2 Å². The molecular formula is C23H32ClN3O. The van der Waals surface area contributed by atoms with Gasteiger partial charge >= 0.3 is 6.03 Å². The molecule has 3 aliphatic rings. The Labute approximate surface area is 173 Å². The van der Waals surface area contributed by atoms with Crippen molar-refractivity contribution in [2.24, 2.45) is 16.4 Å². The Bertz CT molecular complexity index is 767. The highest BCUT2D eigenvalue weighted by Crippen LogP contribution is 2.60. The summed E-state index contributed by atoms with van der Waals surface area (Å²) in [5.41, 5.74) is 2.41. The molecular weight excluding hydrogens is 370 g/mol. The number of nitrogens with zero attached hydrogens (tertiary/aromatic N) is 2. The molecule has 152 valence electrons. The quantitative estimate of drug-likeness (QED) is 0.649. The zero-order chi connectivity index (χ0) is 19.9. The number of nitrogens with one attached hydrogen (secondary N) is 1. The highest BCUT2D eigenvalue weighted by molar-refractivity contribution is 6.30. The van der Waals surface area contributed by atoms with Crippen molar-refractivity contribution in [1.82, 2.24) is 10.3 Å². The van der Waals surface area contributed by atoms with Crippen LogP contribution in [0.2, 0.25) is 5.02 Å². The highest BCUT2D eigenvalue weighted by Gasteiger charge is 2.60. The van der Waals surface area contributed by atoms with Gasteiger partial charge in [0.2, 0.25) is 0 Å². The predicted molar refractivity (Wildman–Crippen MR) is 115 cm³/mol. The normalized spacial score (nSPS) is 34.0. The molecule has 4 nitrogen and oxygen atoms in total. The van der Waals surface area contributed by atoms with Gasteiger partial charge in [-0.05, 0) is 74.5 Å². The molecule has 5 heteroatoms. The maximum Gasteiger partial charge on any atom is 0.338 e. The van der Waals surface area contributed by atoms with Gasteiger partial charge in [0.1, 0.15) is 0 Å². The maximum absolute atomic E-state index is 13.2. The lowest BCUT2D eigenvalue weighted by molar-refractivity contribution is 0.148. The number of carbonyl (C=O) groups is 1. The highest BCUT2D eigenvalue weighted by atomic mass is 35.5. The molecule has 1 aliphatic heterocycles. The Hall–Kier alpha value is -1.55. The number of halogens is 1. The van der Waals surface area contributed by atoms with Crippen LogP contribution in [0.3, 0.4) is 0 Å². The number of carbonyl (C=O) groups excluding carboxylic acids is 1. The average molecular weight is 402 g/mol. The van der Waals surface area contributed by atoms with E-state index in [-0.39, 0.29) is 22.9 Å². The molecule has 1 heterocycles. The van der Waals surface area contributed by atoms with Gasteiger partial charge in [-0.1, -0.05) is 44.0 Å². The Kier molecular flexibility index (Phi) is 5.20. The fourth-order valence-corrected chi connectivity index (χ4v) is 5.76. The van der Waals surface area contributed by atoms with E-state index in [0.29, 0.717) is 12.5 Å². The minimum Gasteiger partial charge on any atom is -0.331 e. The minimum absolute atomic E-state index is 0.0343. The summed E-state index contributed by atoms with van der Waals surface area (Å²) in [5, 5.41) is 10.6. The van der Waals surface area contributed by atoms with Crippen LogP contribution in [0.25, 0.3) is 0 Å². The van der Waals surface area contributed by atoms with Gasteiger partial charge in [-0.2, -0.15) is 5.10 Å². The van der Waals surface area contributed by atoms with Crippen LogP contribution in [0, 0.1) is 11.3 Å². The van der Waals surface area contributed by atoms with Crippen LogP contribution in [0.1, 0.15) is 77.2 Å². The lowest BCUT2D eigenvalue weighted by Gasteiger charge is -2.39. The number of amides is 2. The molecule has 0 radical (unpaired) electrons. The molecule has 2 atom stereocenters. The number of hydrogen-bond acceptors (Lipinski definition) is 2. The maximum atomic E-state index is 13.2. The topological polar surface area (TPSA) is 44.7 Å². The van der Waals surface area contributed by atoms with Gasteiger partial charge in [-0.25, -0.2) is 9.80 Å². The van der Waals surface area contributed by atoms with Crippen molar-refractivity contribution >= 4 is 23.3 Å². The van der Waals surface area contributed by atoms with E-state index in [1.807, 2.05) is 12.1 Å². The van der Waals surface area contributed by atoms with Crippen LogP contribution in [0.5, 0.6) is 0 Å². The van der Waals surface area contributed by atoms with Crippen molar-refractivity contribution in [2.75, 3.05) is 6.54 Å². The summed E-state index contributed by atoms with van der Waals surface area (Å²) in [6.45, 7) is 7.40. The first-order valence-corrected chi connectivity index (χ1v) is 11.2. The third kappa shape index (κ3) is 3.24. The number of unbranched alkanes of at least 4 members (excludes halogenated alkanes) is 1. The second-order valence-electron chi connectivity index (χ2n) is 9.35. The third-order valence-corrected chi connectivity index (χ3v) is 8.08. The number of hydrogen-bond donors (Lipinski definition) is 1. The molecule has 2 aliphatic carbocycles. The van der Waals surface area contributed by atoms with Crippen LogP contribution < -0.4 is 5.32 Å². The van der Waals surface area contributed by atoms with Gasteiger partial charge in [0.25, 0.3) is 0 Å². The van der Waals surface area contributed by atoms with Gasteiger partial charge < -0.3 is 5.32 Å². The van der Waals surface area contributed by atoms with Gasteiger partial charge in [-0.15, -0.1) is 0 Å². The van der Waals surface area contributed by atoms with Crippen molar-refractivity contribution in [3.8, 4) is 0 Å². The zero-order valence-electron chi connectivity index (χ0n) is 17.3. The SMILES string of the molecule is CCCCC1=NN(C(=O)NC2(C)C3CCC2(C)CC3)C[C@@H]1c1ccc(Cl)cc1. The molecule has 2 fully saturated rings. The van der Waals surface area contributed by atoms with Crippen molar-refractivity contribution in [3.63, 3.8) is 0 Å². The molecule has 28 heavy (non-hydrogen) atoms. The molecule has 1 aromatic carbocycles. The second-order valence-corrected chi connectivity index (χ2v) is 9.79. The average Bonchev–Trinajstić information content (AvgIpc) is 3.28. The second kappa shape index (κ2) is 7.37. The van der Waals surface area contributed by atoms with E-state index in [9.17, 15) is 4.79 Å². The summed E-state index contributed by atoms with van der Waals surface area (Å²) in [7, 11) is 0. The van der Waals surface area contributed by atoms with Crippen LogP contribution in [-0.4, -0.2) is 28.8 Å². The summed E-state index contributed by atoms with van der Waals surface area (Å²) in [5.74, 6) is 0.762. The van der Waals surface area contributed by atoms with Crippen LogP contribution >= 0.6 is 11.6 Å². The van der Waals surface area contributed by atoms with E-state index in [4.69, 9.17) is 16.7 Å². The molecule has 2 amide bonds. The van der Waals surface area contributed by atoms with E-state index in [2.05, 4.69) is 38.2 Å². The molecule has 2 saturated carbocycles. The van der Waals surface area contributed by atoms with Crippen molar-refractivity contribution in [1.29, 1.82) is 0 Å². The number of hydrazone groups is 1. The smallest absolute Gasteiger partial charge is 0.331 e. The Morgan fingerprint density at radius 2 is 1.93 bits per heavy atom. The van der Waals surface area contributed by atoms with Gasteiger partial charge in [-0.3, -0.25) is 0 Å². The van der Waals surface area contributed by atoms with Crippen molar-refractivity contribution < 1.29 is 4.79 Å². The molecule has 1 N–H and O–H groups in total. The molecule has 0 spiro atoms. The zero-order valence-corrected chi connectivity index (χ0v) is 18.1. The van der Waals surface area contributed by atoms with Crippen molar-refractivity contribution in [3.05, 3.63) is 34.9 Å². The lowest BCUT2D eigenvalue weighted by Crippen LogP contribution is -2.56. The predicted octanol–water partition coefficient (Wildman–Crippen LogP) is 5.96. The van der Waals surface area contributed by atoms with Crippen LogP contribution in [-0.2, 0) is 0 Å². The Morgan fingerprint density at radius 1 is 1.25 bits per heavy atom. The lowest BCUT2D eigenvalue weighted by atomic mass is 9.76. The van der Waals surface area contributed by atoms with Gasteiger partial charge in [0.05, 0.1) is 6.54 Å². The van der Waals surface area contributed by atoms with E-state index >= 15 is 0 Å². The van der Waals surface area contributed by atoms with Crippen LogP contribution in [0.15, 0.2) is 29.4 Å².